The molecule has 10 heteroatoms. The summed E-state index contributed by atoms with van der Waals surface area (Å²) in [5.41, 5.74) is 3.57. The number of rotatable bonds is 4. The van der Waals surface area contributed by atoms with E-state index < -0.39 is 0 Å². The van der Waals surface area contributed by atoms with E-state index in [1.54, 1.807) is 40.3 Å². The first-order valence-corrected chi connectivity index (χ1v) is 11.4. The fraction of sp³-hybridized carbons (Fsp3) is 0.280. The standard InChI is InChI=1S/C25H27FN8O/c1-25(2,3)32-24(35)33-9-6-16(7-10-33)20-13-18-22(28-14-29-23(18)31-20)30-17-4-5-19(26)21(12-17)34-11-8-27-15-34/h4-6,8,11-15H,7,9-10H2,1-3H3,(H,32,35)(H2,28,29,30,31). The van der Waals surface area contributed by atoms with Crippen molar-refractivity contribution in [3.63, 3.8) is 0 Å². The highest BCUT2D eigenvalue weighted by atomic mass is 19.1. The smallest absolute Gasteiger partial charge is 0.318 e. The summed E-state index contributed by atoms with van der Waals surface area (Å²) in [6, 6.07) is 6.73. The number of aromatic amines is 1. The van der Waals surface area contributed by atoms with Crippen LogP contribution in [0.2, 0.25) is 0 Å². The van der Waals surface area contributed by atoms with Crippen LogP contribution in [0.15, 0.2) is 55.4 Å². The summed E-state index contributed by atoms with van der Waals surface area (Å²) in [5, 5.41) is 7.11. The van der Waals surface area contributed by atoms with Crippen molar-refractivity contribution < 1.29 is 9.18 Å². The highest BCUT2D eigenvalue weighted by Crippen LogP contribution is 2.30. The molecule has 1 aliphatic heterocycles. The molecule has 2 amide bonds. The molecule has 4 aromatic rings. The van der Waals surface area contributed by atoms with Gasteiger partial charge in [0.15, 0.2) is 0 Å². The first-order valence-electron chi connectivity index (χ1n) is 11.4. The summed E-state index contributed by atoms with van der Waals surface area (Å²) in [4.78, 5) is 30.4. The van der Waals surface area contributed by atoms with Crippen molar-refractivity contribution in [1.82, 2.24) is 34.7 Å². The second-order valence-corrected chi connectivity index (χ2v) is 9.53. The van der Waals surface area contributed by atoms with E-state index in [4.69, 9.17) is 0 Å². The Morgan fingerprint density at radius 3 is 2.77 bits per heavy atom. The summed E-state index contributed by atoms with van der Waals surface area (Å²) in [7, 11) is 0. The molecule has 0 aliphatic carbocycles. The summed E-state index contributed by atoms with van der Waals surface area (Å²) in [6.07, 6.45) is 9.12. The molecule has 180 valence electrons. The summed E-state index contributed by atoms with van der Waals surface area (Å²) in [5.74, 6) is 0.267. The Bertz CT molecular complexity index is 1400. The van der Waals surface area contributed by atoms with Gasteiger partial charge >= 0.3 is 6.03 Å². The van der Waals surface area contributed by atoms with Crippen molar-refractivity contribution in [2.24, 2.45) is 0 Å². The number of urea groups is 1. The number of nitrogens with one attached hydrogen (secondary N) is 3. The Labute approximate surface area is 202 Å². The van der Waals surface area contributed by atoms with Gasteiger partial charge in [0.25, 0.3) is 0 Å². The Morgan fingerprint density at radius 2 is 2.06 bits per heavy atom. The molecule has 3 aromatic heterocycles. The first kappa shape index (κ1) is 22.6. The number of amides is 2. The highest BCUT2D eigenvalue weighted by Gasteiger charge is 2.22. The number of hydrogen-bond donors (Lipinski definition) is 3. The van der Waals surface area contributed by atoms with Crippen molar-refractivity contribution in [2.75, 3.05) is 18.4 Å². The molecule has 0 radical (unpaired) electrons. The molecule has 0 saturated heterocycles. The van der Waals surface area contributed by atoms with E-state index in [0.717, 1.165) is 23.1 Å². The molecule has 35 heavy (non-hydrogen) atoms. The number of halogens is 1. The summed E-state index contributed by atoms with van der Waals surface area (Å²) in [6.45, 7) is 7.08. The molecule has 0 bridgehead atoms. The molecule has 0 unspecified atom stereocenters. The Kier molecular flexibility index (Phi) is 5.72. The van der Waals surface area contributed by atoms with Crippen molar-refractivity contribution in [1.29, 1.82) is 0 Å². The number of aromatic nitrogens is 5. The maximum Gasteiger partial charge on any atom is 0.318 e. The number of carbonyl (C=O) groups is 1. The van der Waals surface area contributed by atoms with Crippen molar-refractivity contribution in [3.05, 3.63) is 66.9 Å². The second-order valence-electron chi connectivity index (χ2n) is 9.53. The molecule has 0 saturated carbocycles. The molecule has 0 fully saturated rings. The number of imidazole rings is 1. The van der Waals surface area contributed by atoms with Gasteiger partial charge in [-0.1, -0.05) is 6.08 Å². The molecule has 9 nitrogen and oxygen atoms in total. The minimum Gasteiger partial charge on any atom is -0.339 e. The lowest BCUT2D eigenvalue weighted by Gasteiger charge is -2.30. The lowest BCUT2D eigenvalue weighted by Crippen LogP contribution is -2.49. The van der Waals surface area contributed by atoms with Crippen molar-refractivity contribution >= 4 is 34.1 Å². The molecule has 1 aliphatic rings. The average molecular weight is 475 g/mol. The summed E-state index contributed by atoms with van der Waals surface area (Å²) < 4.78 is 16.0. The predicted molar refractivity (Wildman–Crippen MR) is 133 cm³/mol. The van der Waals surface area contributed by atoms with Crippen LogP contribution in [0.25, 0.3) is 22.3 Å². The van der Waals surface area contributed by atoms with Gasteiger partial charge in [-0.2, -0.15) is 0 Å². The zero-order chi connectivity index (χ0) is 24.6. The Morgan fingerprint density at radius 1 is 1.20 bits per heavy atom. The number of benzene rings is 1. The molecule has 3 N–H and O–H groups in total. The lowest BCUT2D eigenvalue weighted by molar-refractivity contribution is 0.193. The van der Waals surface area contributed by atoms with Crippen molar-refractivity contribution in [2.45, 2.75) is 32.7 Å². The van der Waals surface area contributed by atoms with E-state index in [1.165, 1.54) is 12.4 Å². The van der Waals surface area contributed by atoms with Gasteiger partial charge in [0, 0.05) is 42.4 Å². The predicted octanol–water partition coefficient (Wildman–Crippen LogP) is 4.62. The van der Waals surface area contributed by atoms with Gasteiger partial charge in [0.05, 0.1) is 17.4 Å². The fourth-order valence-electron chi connectivity index (χ4n) is 4.04. The minimum atomic E-state index is -0.347. The fourth-order valence-corrected chi connectivity index (χ4v) is 4.04. The normalized spacial score (nSPS) is 14.2. The van der Waals surface area contributed by atoms with Gasteiger partial charge in [-0.05, 0) is 57.0 Å². The van der Waals surface area contributed by atoms with E-state index in [1.807, 2.05) is 26.8 Å². The topological polar surface area (TPSA) is 104 Å². The molecule has 1 aromatic carbocycles. The molecule has 0 spiro atoms. The Hall–Kier alpha value is -4.21. The van der Waals surface area contributed by atoms with E-state index >= 15 is 0 Å². The largest absolute Gasteiger partial charge is 0.339 e. The number of carbonyl (C=O) groups excluding carboxylic acids is 1. The van der Waals surface area contributed by atoms with Crippen LogP contribution in [-0.2, 0) is 0 Å². The minimum absolute atomic E-state index is 0.0591. The first-order chi connectivity index (χ1) is 16.8. The average Bonchev–Trinajstić information content (AvgIpc) is 3.50. The van der Waals surface area contributed by atoms with E-state index in [9.17, 15) is 9.18 Å². The SMILES string of the molecule is CC(C)(C)NC(=O)N1CC=C(c2cc3c(Nc4ccc(F)c(-n5ccnc5)c4)ncnc3[nH]2)CC1. The van der Waals surface area contributed by atoms with Crippen LogP contribution in [-0.4, -0.2) is 54.1 Å². The molecule has 4 heterocycles. The Balaban J connectivity index is 1.37. The third-order valence-corrected chi connectivity index (χ3v) is 5.74. The molecular weight excluding hydrogens is 447 g/mol. The summed E-state index contributed by atoms with van der Waals surface area (Å²) >= 11 is 0. The van der Waals surface area contributed by atoms with Crippen LogP contribution in [0.1, 0.15) is 32.9 Å². The molecule has 0 atom stereocenters. The zero-order valence-corrected chi connectivity index (χ0v) is 19.8. The van der Waals surface area contributed by atoms with Crippen LogP contribution in [0, 0.1) is 5.82 Å². The maximum atomic E-state index is 14.4. The van der Waals surface area contributed by atoms with Gasteiger partial charge in [-0.3, -0.25) is 0 Å². The monoisotopic (exact) mass is 474 g/mol. The quantitative estimate of drug-likeness (QED) is 0.400. The number of fused-ring (bicyclic) bond motifs is 1. The van der Waals surface area contributed by atoms with Crippen LogP contribution >= 0.6 is 0 Å². The van der Waals surface area contributed by atoms with Crippen molar-refractivity contribution in [3.8, 4) is 5.69 Å². The van der Waals surface area contributed by atoms with Gasteiger partial charge in [0.2, 0.25) is 0 Å². The van der Waals surface area contributed by atoms with Gasteiger partial charge in [-0.25, -0.2) is 24.1 Å². The number of H-pyrrole nitrogens is 1. The number of hydrogen-bond acceptors (Lipinski definition) is 5. The van der Waals surface area contributed by atoms with E-state index in [-0.39, 0.29) is 17.4 Å². The van der Waals surface area contributed by atoms with E-state index in [0.29, 0.717) is 35.9 Å². The van der Waals surface area contributed by atoms with Gasteiger partial charge in [-0.15, -0.1) is 0 Å². The lowest BCUT2D eigenvalue weighted by atomic mass is 10.0. The van der Waals surface area contributed by atoms with Crippen LogP contribution in [0.3, 0.4) is 0 Å². The second kappa shape index (κ2) is 8.86. The van der Waals surface area contributed by atoms with E-state index in [2.05, 4.69) is 36.6 Å². The van der Waals surface area contributed by atoms with Crippen LogP contribution < -0.4 is 10.6 Å². The molecule has 5 rings (SSSR count). The third-order valence-electron chi connectivity index (χ3n) is 5.74. The maximum absolute atomic E-state index is 14.4. The van der Waals surface area contributed by atoms with Crippen LogP contribution in [0.5, 0.6) is 0 Å². The van der Waals surface area contributed by atoms with Gasteiger partial charge in [0.1, 0.15) is 23.6 Å². The van der Waals surface area contributed by atoms with Crippen LogP contribution in [0.4, 0.5) is 20.7 Å². The number of nitrogens with zero attached hydrogens (tertiary/aromatic N) is 5. The zero-order valence-electron chi connectivity index (χ0n) is 19.8. The molecular formula is C25H27FN8O. The third kappa shape index (κ3) is 4.86. The number of anilines is 2. The van der Waals surface area contributed by atoms with Gasteiger partial charge < -0.3 is 25.1 Å². The highest BCUT2D eigenvalue weighted by molar-refractivity contribution is 5.92.